The van der Waals surface area contributed by atoms with Gasteiger partial charge in [-0.1, -0.05) is 0 Å². The molecular weight excluding hydrogens is 314 g/mol. The van der Waals surface area contributed by atoms with Crippen LogP contribution in [0.3, 0.4) is 0 Å². The first kappa shape index (κ1) is 16.7. The van der Waals surface area contributed by atoms with Crippen LogP contribution in [0.1, 0.15) is 5.56 Å². The Balaban J connectivity index is 1.66. The van der Waals surface area contributed by atoms with E-state index in [4.69, 9.17) is 11.0 Å². The van der Waals surface area contributed by atoms with Crippen LogP contribution in [-0.4, -0.2) is 48.1 Å². The van der Waals surface area contributed by atoms with Crippen LogP contribution in [0.2, 0.25) is 0 Å². The van der Waals surface area contributed by atoms with Crippen LogP contribution in [0.25, 0.3) is 6.08 Å². The number of rotatable bonds is 4. The molecule has 0 saturated carbocycles. The van der Waals surface area contributed by atoms with E-state index < -0.39 is 0 Å². The zero-order chi connectivity index (χ0) is 17.6. The van der Waals surface area contributed by atoms with Crippen LogP contribution in [0, 0.1) is 11.3 Å². The summed E-state index contributed by atoms with van der Waals surface area (Å²) in [5, 5.41) is 11.7. The zero-order valence-corrected chi connectivity index (χ0v) is 14.2. The van der Waals surface area contributed by atoms with Gasteiger partial charge in [0, 0.05) is 55.4 Å². The first-order chi connectivity index (χ1) is 12.2. The lowest BCUT2D eigenvalue weighted by Crippen LogP contribution is -2.44. The SMILES string of the molecule is CN1CCN(c2ccc(Nc3ncc(C=CC#N)c(N)n3)cc2)CC1. The molecule has 1 saturated heterocycles. The predicted molar refractivity (Wildman–Crippen MR) is 101 cm³/mol. The molecule has 1 aromatic carbocycles. The molecule has 1 aromatic heterocycles. The molecule has 0 radical (unpaired) electrons. The van der Waals surface area contributed by atoms with E-state index in [0.29, 0.717) is 17.3 Å². The average Bonchev–Trinajstić information content (AvgIpc) is 2.62. The van der Waals surface area contributed by atoms with E-state index in [-0.39, 0.29) is 0 Å². The summed E-state index contributed by atoms with van der Waals surface area (Å²) in [5.41, 5.74) is 8.63. The van der Waals surface area contributed by atoms with E-state index in [1.807, 2.05) is 18.2 Å². The third-order valence-electron chi connectivity index (χ3n) is 4.18. The Morgan fingerprint density at radius 1 is 1.20 bits per heavy atom. The fourth-order valence-corrected chi connectivity index (χ4v) is 2.67. The summed E-state index contributed by atoms with van der Waals surface area (Å²) >= 11 is 0. The maximum absolute atomic E-state index is 8.56. The van der Waals surface area contributed by atoms with Gasteiger partial charge in [-0.25, -0.2) is 4.98 Å². The largest absolute Gasteiger partial charge is 0.383 e. The fraction of sp³-hybridized carbons (Fsp3) is 0.278. The maximum Gasteiger partial charge on any atom is 0.229 e. The maximum atomic E-state index is 8.56. The third-order valence-corrected chi connectivity index (χ3v) is 4.18. The van der Waals surface area contributed by atoms with Gasteiger partial charge < -0.3 is 20.9 Å². The molecule has 0 unspecified atom stereocenters. The second-order valence-corrected chi connectivity index (χ2v) is 5.96. The third kappa shape index (κ3) is 4.25. The summed E-state index contributed by atoms with van der Waals surface area (Å²) in [6.07, 6.45) is 4.53. The van der Waals surface area contributed by atoms with Gasteiger partial charge in [-0.15, -0.1) is 0 Å². The highest BCUT2D eigenvalue weighted by atomic mass is 15.2. The molecule has 3 N–H and O–H groups in total. The minimum atomic E-state index is 0.332. The topological polar surface area (TPSA) is 94.1 Å². The Labute approximate surface area is 147 Å². The molecule has 0 aliphatic carbocycles. The van der Waals surface area contributed by atoms with Gasteiger partial charge in [-0.3, -0.25) is 0 Å². The monoisotopic (exact) mass is 335 g/mol. The van der Waals surface area contributed by atoms with Crippen molar-refractivity contribution in [1.29, 1.82) is 5.26 Å². The van der Waals surface area contributed by atoms with E-state index in [0.717, 1.165) is 31.9 Å². The highest BCUT2D eigenvalue weighted by molar-refractivity contribution is 5.65. The minimum Gasteiger partial charge on any atom is -0.383 e. The van der Waals surface area contributed by atoms with Crippen LogP contribution in [0.4, 0.5) is 23.1 Å². The number of nitrogens with zero attached hydrogens (tertiary/aromatic N) is 5. The van der Waals surface area contributed by atoms with E-state index >= 15 is 0 Å². The lowest BCUT2D eigenvalue weighted by molar-refractivity contribution is 0.313. The molecule has 128 valence electrons. The predicted octanol–water partition coefficient (Wildman–Crippen LogP) is 2.09. The van der Waals surface area contributed by atoms with Crippen molar-refractivity contribution in [3.8, 4) is 6.07 Å². The number of nitriles is 1. The molecule has 2 heterocycles. The summed E-state index contributed by atoms with van der Waals surface area (Å²) in [6.45, 7) is 4.25. The number of nitrogens with two attached hydrogens (primary N) is 1. The number of likely N-dealkylation sites (N-methyl/N-ethyl adjacent to an activating group) is 1. The van der Waals surface area contributed by atoms with Gasteiger partial charge in [0.25, 0.3) is 0 Å². The summed E-state index contributed by atoms with van der Waals surface area (Å²) in [6, 6.07) is 10.1. The smallest absolute Gasteiger partial charge is 0.229 e. The summed E-state index contributed by atoms with van der Waals surface area (Å²) < 4.78 is 0. The Morgan fingerprint density at radius 3 is 2.56 bits per heavy atom. The molecule has 2 aromatic rings. The van der Waals surface area contributed by atoms with Crippen LogP contribution >= 0.6 is 0 Å². The molecule has 0 bridgehead atoms. The van der Waals surface area contributed by atoms with Gasteiger partial charge in [0.2, 0.25) is 5.95 Å². The normalized spacial score (nSPS) is 15.3. The molecule has 1 fully saturated rings. The molecule has 0 spiro atoms. The molecule has 1 aliphatic heterocycles. The molecule has 3 rings (SSSR count). The minimum absolute atomic E-state index is 0.332. The van der Waals surface area contributed by atoms with Crippen LogP contribution < -0.4 is 16.0 Å². The van der Waals surface area contributed by atoms with Crippen molar-refractivity contribution >= 4 is 29.2 Å². The van der Waals surface area contributed by atoms with Gasteiger partial charge in [-0.2, -0.15) is 10.2 Å². The van der Waals surface area contributed by atoms with Gasteiger partial charge in [0.1, 0.15) is 5.82 Å². The molecule has 25 heavy (non-hydrogen) atoms. The summed E-state index contributed by atoms with van der Waals surface area (Å²) in [4.78, 5) is 13.2. The quantitative estimate of drug-likeness (QED) is 0.826. The second-order valence-electron chi connectivity index (χ2n) is 5.96. The average molecular weight is 335 g/mol. The molecule has 0 atom stereocenters. The fourth-order valence-electron chi connectivity index (χ4n) is 2.67. The Kier molecular flexibility index (Phi) is 5.11. The second kappa shape index (κ2) is 7.64. The number of piperazine rings is 1. The van der Waals surface area contributed by atoms with Gasteiger partial charge >= 0.3 is 0 Å². The van der Waals surface area contributed by atoms with E-state index in [1.54, 1.807) is 12.3 Å². The van der Waals surface area contributed by atoms with Crippen molar-refractivity contribution < 1.29 is 0 Å². The van der Waals surface area contributed by atoms with Crippen molar-refractivity contribution in [2.24, 2.45) is 0 Å². The summed E-state index contributed by atoms with van der Waals surface area (Å²) in [7, 11) is 2.15. The highest BCUT2D eigenvalue weighted by Crippen LogP contribution is 2.21. The van der Waals surface area contributed by atoms with Gasteiger partial charge in [0.05, 0.1) is 6.07 Å². The van der Waals surface area contributed by atoms with Crippen molar-refractivity contribution in [3.63, 3.8) is 0 Å². The first-order valence-electron chi connectivity index (χ1n) is 8.15. The molecule has 0 amide bonds. The summed E-state index contributed by atoms with van der Waals surface area (Å²) in [5.74, 6) is 0.761. The number of aromatic nitrogens is 2. The van der Waals surface area contributed by atoms with Crippen molar-refractivity contribution in [1.82, 2.24) is 14.9 Å². The van der Waals surface area contributed by atoms with Gasteiger partial charge in [-0.05, 0) is 37.4 Å². The van der Waals surface area contributed by atoms with E-state index in [9.17, 15) is 0 Å². The van der Waals surface area contributed by atoms with Gasteiger partial charge in [0.15, 0.2) is 0 Å². The molecular formula is C18H21N7. The number of hydrogen-bond acceptors (Lipinski definition) is 7. The standard InChI is InChI=1S/C18H21N7/c1-24-9-11-25(12-10-24)16-6-4-15(5-7-16)22-18-21-13-14(3-2-8-19)17(20)23-18/h2-7,13H,9-12H2,1H3,(H3,20,21,22,23). The van der Waals surface area contributed by atoms with Crippen molar-refractivity contribution in [2.75, 3.05) is 49.2 Å². The number of nitrogens with one attached hydrogen (secondary N) is 1. The van der Waals surface area contributed by atoms with Crippen molar-refractivity contribution in [2.45, 2.75) is 0 Å². The Morgan fingerprint density at radius 2 is 1.92 bits per heavy atom. The zero-order valence-electron chi connectivity index (χ0n) is 14.2. The molecule has 7 nitrogen and oxygen atoms in total. The van der Waals surface area contributed by atoms with E-state index in [1.165, 1.54) is 11.8 Å². The van der Waals surface area contributed by atoms with Crippen LogP contribution in [0.15, 0.2) is 36.5 Å². The lowest BCUT2D eigenvalue weighted by atomic mass is 10.2. The first-order valence-corrected chi connectivity index (χ1v) is 8.15. The number of benzene rings is 1. The van der Waals surface area contributed by atoms with Crippen LogP contribution in [-0.2, 0) is 0 Å². The molecule has 1 aliphatic rings. The van der Waals surface area contributed by atoms with Crippen molar-refractivity contribution in [3.05, 3.63) is 42.1 Å². The number of allylic oxidation sites excluding steroid dienone is 1. The Bertz CT molecular complexity index is 784. The Hall–Kier alpha value is -3.11. The van der Waals surface area contributed by atoms with E-state index in [2.05, 4.69) is 44.3 Å². The number of hydrogen-bond donors (Lipinski definition) is 2. The number of anilines is 4. The number of nitrogen functional groups attached to an aromatic ring is 1. The highest BCUT2D eigenvalue weighted by Gasteiger charge is 2.14. The molecule has 7 heteroatoms. The lowest BCUT2D eigenvalue weighted by Gasteiger charge is -2.34. The van der Waals surface area contributed by atoms with Crippen LogP contribution in [0.5, 0.6) is 0 Å².